The van der Waals surface area contributed by atoms with Gasteiger partial charge in [-0.15, -0.1) is 0 Å². The van der Waals surface area contributed by atoms with E-state index < -0.39 is 12.0 Å². The van der Waals surface area contributed by atoms with Crippen molar-refractivity contribution >= 4 is 23.4 Å². The van der Waals surface area contributed by atoms with Crippen molar-refractivity contribution in [3.8, 4) is 5.75 Å². The first kappa shape index (κ1) is 18.3. The molecule has 2 aromatic carbocycles. The van der Waals surface area contributed by atoms with Crippen molar-refractivity contribution in [3.05, 3.63) is 83.7 Å². The van der Waals surface area contributed by atoms with Gasteiger partial charge in [0, 0.05) is 5.69 Å². The summed E-state index contributed by atoms with van der Waals surface area (Å²) in [6, 6.07) is 15.8. The maximum Gasteiger partial charge on any atom is 0.352 e. The first-order valence-electron chi connectivity index (χ1n) is 8.87. The lowest BCUT2D eigenvalue weighted by molar-refractivity contribution is -0.132. The van der Waals surface area contributed by atoms with Gasteiger partial charge in [-0.2, -0.15) is 5.10 Å². The molecule has 1 aliphatic heterocycles. The fraction of sp³-hybridized carbons (Fsp3) is 0.0952. The number of ether oxygens (including phenoxy) is 1. The molecule has 0 fully saturated rings. The van der Waals surface area contributed by atoms with Crippen LogP contribution in [0.4, 0.5) is 11.5 Å². The average Bonchev–Trinajstić information content (AvgIpc) is 3.18. The van der Waals surface area contributed by atoms with Gasteiger partial charge in [-0.1, -0.05) is 30.3 Å². The Balaban J connectivity index is 1.71. The Bertz CT molecular complexity index is 1090. The van der Waals surface area contributed by atoms with Gasteiger partial charge in [-0.3, -0.25) is 4.79 Å². The van der Waals surface area contributed by atoms with E-state index >= 15 is 0 Å². The van der Waals surface area contributed by atoms with Gasteiger partial charge in [-0.05, 0) is 35.9 Å². The number of nitrogens with one attached hydrogen (secondary N) is 2. The van der Waals surface area contributed by atoms with Crippen LogP contribution in [0.25, 0.3) is 0 Å². The molecule has 2 heterocycles. The Morgan fingerprint density at radius 2 is 1.86 bits per heavy atom. The van der Waals surface area contributed by atoms with E-state index in [0.717, 1.165) is 5.56 Å². The zero-order valence-corrected chi connectivity index (χ0v) is 15.5. The summed E-state index contributed by atoms with van der Waals surface area (Å²) in [5, 5.41) is 19.5. The Kier molecular flexibility index (Phi) is 4.74. The highest BCUT2D eigenvalue weighted by atomic mass is 16.5. The normalized spacial score (nSPS) is 14.9. The second kappa shape index (κ2) is 7.51. The molecule has 0 spiro atoms. The molecule has 0 saturated heterocycles. The minimum Gasteiger partial charge on any atom is -0.497 e. The summed E-state index contributed by atoms with van der Waals surface area (Å²) in [7, 11) is 1.57. The summed E-state index contributed by atoms with van der Waals surface area (Å²) in [6.45, 7) is 0. The highest BCUT2D eigenvalue weighted by Gasteiger charge is 2.29. The number of rotatable bonds is 5. The van der Waals surface area contributed by atoms with Crippen LogP contribution in [0.2, 0.25) is 0 Å². The van der Waals surface area contributed by atoms with Crippen molar-refractivity contribution in [2.24, 2.45) is 0 Å². The van der Waals surface area contributed by atoms with Crippen LogP contribution in [0.5, 0.6) is 5.75 Å². The predicted molar refractivity (Wildman–Crippen MR) is 107 cm³/mol. The topological polar surface area (TPSA) is 105 Å². The first-order valence-corrected chi connectivity index (χ1v) is 8.87. The van der Waals surface area contributed by atoms with Crippen LogP contribution in [0.15, 0.2) is 72.6 Å². The Morgan fingerprint density at radius 3 is 2.52 bits per heavy atom. The number of benzene rings is 2. The van der Waals surface area contributed by atoms with Crippen LogP contribution in [0.1, 0.15) is 22.0 Å². The third kappa shape index (κ3) is 3.55. The lowest BCUT2D eigenvalue weighted by Crippen LogP contribution is -2.25. The SMILES string of the molecule is COc1ccc([C@H]2C=C(C(=O)O)Nc3c(C(=O)Nc4ccccc4)cnn32)cc1. The third-order valence-electron chi connectivity index (χ3n) is 4.60. The zero-order chi connectivity index (χ0) is 20.4. The molecule has 0 saturated carbocycles. The van der Waals surface area contributed by atoms with Crippen molar-refractivity contribution in [1.29, 1.82) is 0 Å². The summed E-state index contributed by atoms with van der Waals surface area (Å²) in [5.74, 6) is -0.497. The number of amides is 1. The zero-order valence-electron chi connectivity index (χ0n) is 15.5. The number of carbonyl (C=O) groups excluding carboxylic acids is 1. The number of carboxylic acids is 1. The minimum atomic E-state index is -1.12. The maximum atomic E-state index is 12.8. The van der Waals surface area contributed by atoms with Gasteiger partial charge >= 0.3 is 5.97 Å². The van der Waals surface area contributed by atoms with Crippen LogP contribution in [0.3, 0.4) is 0 Å². The van der Waals surface area contributed by atoms with Crippen molar-refractivity contribution < 1.29 is 19.4 Å². The molecule has 0 bridgehead atoms. The molecule has 1 amide bonds. The summed E-state index contributed by atoms with van der Waals surface area (Å²) in [5.41, 5.74) is 1.67. The minimum absolute atomic E-state index is 0.0208. The van der Waals surface area contributed by atoms with Gasteiger partial charge in [0.15, 0.2) is 0 Å². The summed E-state index contributed by atoms with van der Waals surface area (Å²) < 4.78 is 6.77. The monoisotopic (exact) mass is 390 g/mol. The molecule has 4 rings (SSSR count). The van der Waals surface area contributed by atoms with Crippen LogP contribution in [-0.4, -0.2) is 33.9 Å². The van der Waals surface area contributed by atoms with E-state index in [1.807, 2.05) is 30.3 Å². The molecule has 146 valence electrons. The number of aromatic nitrogens is 2. The smallest absolute Gasteiger partial charge is 0.352 e. The number of carbonyl (C=O) groups is 2. The molecular weight excluding hydrogens is 372 g/mol. The number of carboxylic acid groups (broad SMARTS) is 1. The molecular formula is C21H18N4O4. The third-order valence-corrected chi connectivity index (χ3v) is 4.60. The molecule has 8 nitrogen and oxygen atoms in total. The molecule has 1 atom stereocenters. The quantitative estimate of drug-likeness (QED) is 0.618. The van der Waals surface area contributed by atoms with Crippen LogP contribution in [0, 0.1) is 0 Å². The van der Waals surface area contributed by atoms with E-state index in [1.165, 1.54) is 6.20 Å². The van der Waals surface area contributed by atoms with E-state index in [2.05, 4.69) is 15.7 Å². The summed E-state index contributed by atoms with van der Waals surface area (Å²) in [6.07, 6.45) is 2.98. The molecule has 8 heteroatoms. The number of aliphatic carboxylic acids is 1. The molecule has 3 aromatic rings. The number of hydrogen-bond donors (Lipinski definition) is 3. The van der Waals surface area contributed by atoms with Crippen molar-refractivity contribution in [1.82, 2.24) is 9.78 Å². The maximum absolute atomic E-state index is 12.8. The van der Waals surface area contributed by atoms with E-state index in [0.29, 0.717) is 17.3 Å². The molecule has 0 unspecified atom stereocenters. The molecule has 0 radical (unpaired) electrons. The number of nitrogens with zero attached hydrogens (tertiary/aromatic N) is 2. The van der Waals surface area contributed by atoms with E-state index in [-0.39, 0.29) is 17.2 Å². The highest BCUT2D eigenvalue weighted by molar-refractivity contribution is 6.08. The first-order chi connectivity index (χ1) is 14.1. The van der Waals surface area contributed by atoms with Crippen molar-refractivity contribution in [2.45, 2.75) is 6.04 Å². The van der Waals surface area contributed by atoms with Gasteiger partial charge in [0.1, 0.15) is 22.8 Å². The van der Waals surface area contributed by atoms with Crippen LogP contribution >= 0.6 is 0 Å². The Labute approximate surface area is 166 Å². The fourth-order valence-electron chi connectivity index (χ4n) is 3.14. The predicted octanol–water partition coefficient (Wildman–Crippen LogP) is 3.13. The molecule has 29 heavy (non-hydrogen) atoms. The van der Waals surface area contributed by atoms with Gasteiger partial charge in [-0.25, -0.2) is 9.48 Å². The molecule has 0 aliphatic carbocycles. The number of hydrogen-bond acceptors (Lipinski definition) is 5. The number of anilines is 2. The Hall–Kier alpha value is -4.07. The van der Waals surface area contributed by atoms with Crippen LogP contribution < -0.4 is 15.4 Å². The fourth-order valence-corrected chi connectivity index (χ4v) is 3.14. The Morgan fingerprint density at radius 1 is 1.14 bits per heavy atom. The number of fused-ring (bicyclic) bond motifs is 1. The van der Waals surface area contributed by atoms with Gasteiger partial charge in [0.25, 0.3) is 5.91 Å². The van der Waals surface area contributed by atoms with Gasteiger partial charge < -0.3 is 20.5 Å². The lowest BCUT2D eigenvalue weighted by atomic mass is 10.0. The van der Waals surface area contributed by atoms with E-state index in [4.69, 9.17) is 4.74 Å². The lowest BCUT2D eigenvalue weighted by Gasteiger charge is -2.24. The van der Waals surface area contributed by atoms with Gasteiger partial charge in [0.2, 0.25) is 0 Å². The van der Waals surface area contributed by atoms with E-state index in [9.17, 15) is 14.7 Å². The standard InChI is InChI=1S/C21H18N4O4/c1-29-15-9-7-13(8-10-15)18-11-17(21(27)28)24-19-16(12-22-25(18)19)20(26)23-14-5-3-2-4-6-14/h2-12,18,24H,1H3,(H,23,26)(H,27,28)/t18-/m1/s1. The molecule has 1 aliphatic rings. The second-order valence-corrected chi connectivity index (χ2v) is 6.40. The molecule has 1 aromatic heterocycles. The molecule has 3 N–H and O–H groups in total. The average molecular weight is 390 g/mol. The highest BCUT2D eigenvalue weighted by Crippen LogP contribution is 2.33. The van der Waals surface area contributed by atoms with Gasteiger partial charge in [0.05, 0.1) is 19.3 Å². The van der Waals surface area contributed by atoms with Crippen LogP contribution in [-0.2, 0) is 4.79 Å². The largest absolute Gasteiger partial charge is 0.497 e. The number of allylic oxidation sites excluding steroid dienone is 1. The number of methoxy groups -OCH3 is 1. The number of para-hydroxylation sites is 1. The van der Waals surface area contributed by atoms with E-state index in [1.54, 1.807) is 42.1 Å². The second-order valence-electron chi connectivity index (χ2n) is 6.40. The van der Waals surface area contributed by atoms with Crippen molar-refractivity contribution in [3.63, 3.8) is 0 Å². The summed E-state index contributed by atoms with van der Waals surface area (Å²) in [4.78, 5) is 24.4. The van der Waals surface area contributed by atoms with Crippen molar-refractivity contribution in [2.75, 3.05) is 17.7 Å². The summed E-state index contributed by atoms with van der Waals surface area (Å²) >= 11 is 0.